The molecule has 0 aromatic heterocycles. The average molecular weight is 293 g/mol. The second kappa shape index (κ2) is 9.00. The largest absolute Gasteiger partial charge is 0.494 e. The van der Waals surface area contributed by atoms with Crippen molar-refractivity contribution < 1.29 is 19.1 Å². The van der Waals surface area contributed by atoms with Crippen LogP contribution in [0.25, 0.3) is 0 Å². The third kappa shape index (κ3) is 6.29. The maximum atomic E-state index is 11.8. The number of ether oxygens (including phenoxy) is 2. The van der Waals surface area contributed by atoms with Gasteiger partial charge >= 0.3 is 5.97 Å². The van der Waals surface area contributed by atoms with Crippen molar-refractivity contribution in [2.24, 2.45) is 0 Å². The monoisotopic (exact) mass is 293 g/mol. The summed E-state index contributed by atoms with van der Waals surface area (Å²) in [6.07, 6.45) is 0.246. The molecule has 1 unspecified atom stereocenters. The van der Waals surface area contributed by atoms with Crippen LogP contribution in [0.2, 0.25) is 0 Å². The molecular formula is C16H23NO4. The summed E-state index contributed by atoms with van der Waals surface area (Å²) in [4.78, 5) is 22.9. The number of amides is 1. The number of hydrogen-bond acceptors (Lipinski definition) is 4. The lowest BCUT2D eigenvalue weighted by atomic mass is 10.1. The van der Waals surface area contributed by atoms with E-state index >= 15 is 0 Å². The number of nitrogens with one attached hydrogen (secondary N) is 1. The van der Waals surface area contributed by atoms with Gasteiger partial charge in [-0.2, -0.15) is 0 Å². The van der Waals surface area contributed by atoms with E-state index < -0.39 is 0 Å². The van der Waals surface area contributed by atoms with Gasteiger partial charge in [-0.05, 0) is 38.5 Å². The Kier molecular flexibility index (Phi) is 7.29. The third-order valence-corrected chi connectivity index (χ3v) is 2.93. The topological polar surface area (TPSA) is 64.6 Å². The summed E-state index contributed by atoms with van der Waals surface area (Å²) in [6, 6.07) is 7.47. The van der Waals surface area contributed by atoms with Crippen LogP contribution in [0, 0.1) is 0 Å². The molecule has 116 valence electrons. The lowest BCUT2D eigenvalue weighted by Crippen LogP contribution is -2.27. The van der Waals surface area contributed by atoms with Gasteiger partial charge in [0.2, 0.25) is 5.91 Å². The Bertz CT molecular complexity index is 456. The minimum absolute atomic E-state index is 0.107. The van der Waals surface area contributed by atoms with E-state index in [1.807, 2.05) is 38.1 Å². The van der Waals surface area contributed by atoms with Crippen molar-refractivity contribution in [2.75, 3.05) is 13.2 Å². The standard InChI is InChI=1S/C16H23NO4/c1-4-20-14-8-6-13(7-9-14)12(3)17-15(18)10-11-16(19)21-5-2/h6-9,12H,4-5,10-11H2,1-3H3,(H,17,18). The molecule has 0 aliphatic carbocycles. The first kappa shape index (κ1) is 17.0. The molecular weight excluding hydrogens is 270 g/mol. The molecule has 0 aliphatic heterocycles. The summed E-state index contributed by atoms with van der Waals surface area (Å²) in [6.45, 7) is 6.53. The lowest BCUT2D eigenvalue weighted by molar-refractivity contribution is -0.144. The van der Waals surface area contributed by atoms with Crippen LogP contribution in [-0.4, -0.2) is 25.1 Å². The summed E-state index contributed by atoms with van der Waals surface area (Å²) in [5, 5.41) is 2.86. The van der Waals surface area contributed by atoms with Gasteiger partial charge in [0.25, 0.3) is 0 Å². The third-order valence-electron chi connectivity index (χ3n) is 2.93. The quantitative estimate of drug-likeness (QED) is 0.748. The number of carbonyl (C=O) groups is 2. The molecule has 1 rings (SSSR count). The fraction of sp³-hybridized carbons (Fsp3) is 0.500. The van der Waals surface area contributed by atoms with Gasteiger partial charge in [-0.15, -0.1) is 0 Å². The van der Waals surface area contributed by atoms with Crippen LogP contribution in [0.3, 0.4) is 0 Å². The van der Waals surface area contributed by atoms with E-state index in [2.05, 4.69) is 5.32 Å². The van der Waals surface area contributed by atoms with Gasteiger partial charge in [0.05, 0.1) is 25.7 Å². The van der Waals surface area contributed by atoms with Crippen molar-refractivity contribution in [2.45, 2.75) is 39.7 Å². The first-order valence-corrected chi connectivity index (χ1v) is 7.24. The molecule has 21 heavy (non-hydrogen) atoms. The Morgan fingerprint density at radius 1 is 1.10 bits per heavy atom. The predicted octanol–water partition coefficient (Wildman–Crippen LogP) is 2.61. The zero-order valence-corrected chi connectivity index (χ0v) is 12.8. The maximum Gasteiger partial charge on any atom is 0.306 e. The first-order valence-electron chi connectivity index (χ1n) is 7.24. The number of hydrogen-bond donors (Lipinski definition) is 1. The molecule has 5 nitrogen and oxygen atoms in total. The summed E-state index contributed by atoms with van der Waals surface area (Å²) in [5.74, 6) is 0.299. The molecule has 0 saturated heterocycles. The molecule has 5 heteroatoms. The zero-order chi connectivity index (χ0) is 15.7. The maximum absolute atomic E-state index is 11.8. The van der Waals surface area contributed by atoms with Crippen LogP contribution in [-0.2, 0) is 14.3 Å². The minimum Gasteiger partial charge on any atom is -0.494 e. The van der Waals surface area contributed by atoms with Crippen molar-refractivity contribution in [3.05, 3.63) is 29.8 Å². The number of benzene rings is 1. The van der Waals surface area contributed by atoms with Crippen molar-refractivity contribution >= 4 is 11.9 Å². The number of esters is 1. The Morgan fingerprint density at radius 2 is 1.76 bits per heavy atom. The smallest absolute Gasteiger partial charge is 0.306 e. The van der Waals surface area contributed by atoms with Gasteiger partial charge in [0.15, 0.2) is 0 Å². The molecule has 1 aromatic rings. The fourth-order valence-electron chi connectivity index (χ4n) is 1.87. The molecule has 0 fully saturated rings. The fourth-order valence-corrected chi connectivity index (χ4v) is 1.87. The van der Waals surface area contributed by atoms with Gasteiger partial charge in [0.1, 0.15) is 5.75 Å². The molecule has 1 atom stereocenters. The second-order valence-corrected chi connectivity index (χ2v) is 4.60. The van der Waals surface area contributed by atoms with E-state index in [1.54, 1.807) is 6.92 Å². The molecule has 1 aromatic carbocycles. The Balaban J connectivity index is 2.42. The first-order chi connectivity index (χ1) is 10.1. The van der Waals surface area contributed by atoms with E-state index in [4.69, 9.17) is 9.47 Å². The van der Waals surface area contributed by atoms with Gasteiger partial charge in [0, 0.05) is 6.42 Å². The van der Waals surface area contributed by atoms with E-state index in [0.717, 1.165) is 11.3 Å². The van der Waals surface area contributed by atoms with E-state index in [9.17, 15) is 9.59 Å². The zero-order valence-electron chi connectivity index (χ0n) is 12.8. The summed E-state index contributed by atoms with van der Waals surface area (Å²) < 4.78 is 10.2. The highest BCUT2D eigenvalue weighted by atomic mass is 16.5. The van der Waals surface area contributed by atoms with Crippen molar-refractivity contribution in [1.29, 1.82) is 0 Å². The molecule has 0 radical (unpaired) electrons. The van der Waals surface area contributed by atoms with Crippen LogP contribution < -0.4 is 10.1 Å². The average Bonchev–Trinajstić information content (AvgIpc) is 2.46. The Labute approximate surface area is 125 Å². The second-order valence-electron chi connectivity index (χ2n) is 4.60. The normalized spacial score (nSPS) is 11.6. The van der Waals surface area contributed by atoms with Gasteiger partial charge in [-0.25, -0.2) is 0 Å². The number of rotatable bonds is 8. The SMILES string of the molecule is CCOC(=O)CCC(=O)NC(C)c1ccc(OCC)cc1. The van der Waals surface area contributed by atoms with Gasteiger partial charge < -0.3 is 14.8 Å². The van der Waals surface area contributed by atoms with Crippen LogP contribution in [0.15, 0.2) is 24.3 Å². The highest BCUT2D eigenvalue weighted by Gasteiger charge is 2.11. The predicted molar refractivity (Wildman–Crippen MR) is 80.0 cm³/mol. The molecule has 1 amide bonds. The summed E-state index contributed by atoms with van der Waals surface area (Å²) in [5.41, 5.74) is 0.989. The Hall–Kier alpha value is -2.04. The number of carbonyl (C=O) groups excluding carboxylic acids is 2. The molecule has 0 aliphatic rings. The van der Waals surface area contributed by atoms with Crippen molar-refractivity contribution in [3.63, 3.8) is 0 Å². The van der Waals surface area contributed by atoms with E-state index in [-0.39, 0.29) is 30.8 Å². The van der Waals surface area contributed by atoms with Gasteiger partial charge in [-0.3, -0.25) is 9.59 Å². The molecule has 0 bridgehead atoms. The van der Waals surface area contributed by atoms with Crippen LogP contribution in [0.5, 0.6) is 5.75 Å². The summed E-state index contributed by atoms with van der Waals surface area (Å²) >= 11 is 0. The van der Waals surface area contributed by atoms with Crippen LogP contribution >= 0.6 is 0 Å². The highest BCUT2D eigenvalue weighted by molar-refractivity contribution is 5.81. The van der Waals surface area contributed by atoms with Crippen molar-refractivity contribution in [3.8, 4) is 5.75 Å². The lowest BCUT2D eigenvalue weighted by Gasteiger charge is -2.15. The Morgan fingerprint density at radius 3 is 2.33 bits per heavy atom. The summed E-state index contributed by atoms with van der Waals surface area (Å²) in [7, 11) is 0. The molecule has 0 saturated carbocycles. The van der Waals surface area contributed by atoms with Gasteiger partial charge in [-0.1, -0.05) is 12.1 Å². The highest BCUT2D eigenvalue weighted by Crippen LogP contribution is 2.17. The molecule has 0 heterocycles. The molecule has 1 N–H and O–H groups in total. The van der Waals surface area contributed by atoms with E-state index in [1.165, 1.54) is 0 Å². The van der Waals surface area contributed by atoms with Crippen LogP contribution in [0.4, 0.5) is 0 Å². The van der Waals surface area contributed by atoms with E-state index in [0.29, 0.717) is 13.2 Å². The van der Waals surface area contributed by atoms with Crippen LogP contribution in [0.1, 0.15) is 45.2 Å². The van der Waals surface area contributed by atoms with Crippen molar-refractivity contribution in [1.82, 2.24) is 5.32 Å². The molecule has 0 spiro atoms. The minimum atomic E-state index is -0.346.